The van der Waals surface area contributed by atoms with E-state index in [1.807, 2.05) is 0 Å². The van der Waals surface area contributed by atoms with Gasteiger partial charge in [0.25, 0.3) is 0 Å². The summed E-state index contributed by atoms with van der Waals surface area (Å²) in [5.41, 5.74) is 0. The molecule has 2 aliphatic rings. The maximum Gasteiger partial charge on any atom is 0.508 e. The molecule has 104 valence electrons. The first-order valence-corrected chi connectivity index (χ1v) is 5.91. The third kappa shape index (κ3) is 2.74. The second-order valence-electron chi connectivity index (χ2n) is 4.63. The van der Waals surface area contributed by atoms with Crippen LogP contribution in [0, 0.1) is 0 Å². The van der Waals surface area contributed by atoms with Crippen molar-refractivity contribution in [1.29, 1.82) is 0 Å². The molecule has 0 spiro atoms. The highest BCUT2D eigenvalue weighted by molar-refractivity contribution is 5.59. The number of fused-ring (bicyclic) bond motifs is 1. The molecule has 1 N–H and O–H groups in total. The summed E-state index contributed by atoms with van der Waals surface area (Å²) in [6.45, 7) is 5.30. The molecule has 0 amide bonds. The second-order valence-corrected chi connectivity index (χ2v) is 4.63. The van der Waals surface area contributed by atoms with Gasteiger partial charge in [-0.2, -0.15) is 0 Å². The van der Waals surface area contributed by atoms with E-state index in [0.29, 0.717) is 0 Å². The molecule has 0 aromatic rings. The summed E-state index contributed by atoms with van der Waals surface area (Å²) < 4.78 is 25.8. The van der Waals surface area contributed by atoms with Crippen LogP contribution in [0.2, 0.25) is 0 Å². The van der Waals surface area contributed by atoms with Crippen LogP contribution in [0.15, 0.2) is 0 Å². The molecule has 18 heavy (non-hydrogen) atoms. The minimum Gasteiger partial charge on any atom is -0.435 e. The fraction of sp³-hybridized carbons (Fsp3) is 0.909. The van der Waals surface area contributed by atoms with Gasteiger partial charge < -0.3 is 28.8 Å². The van der Waals surface area contributed by atoms with Crippen LogP contribution in [-0.4, -0.2) is 54.9 Å². The quantitative estimate of drug-likeness (QED) is 0.737. The van der Waals surface area contributed by atoms with Crippen molar-refractivity contribution in [3.63, 3.8) is 0 Å². The highest BCUT2D eigenvalue weighted by Crippen LogP contribution is 2.37. The Kier molecular flexibility index (Phi) is 3.76. The van der Waals surface area contributed by atoms with Crippen molar-refractivity contribution in [3.8, 4) is 0 Å². The molecule has 2 rings (SSSR count). The van der Waals surface area contributed by atoms with Crippen LogP contribution in [0.3, 0.4) is 0 Å². The van der Waals surface area contributed by atoms with E-state index in [4.69, 9.17) is 18.9 Å². The van der Waals surface area contributed by atoms with Crippen molar-refractivity contribution < 1.29 is 33.6 Å². The molecule has 7 nitrogen and oxygen atoms in total. The van der Waals surface area contributed by atoms with E-state index in [-0.39, 0.29) is 13.2 Å². The number of hydrogen-bond donors (Lipinski definition) is 1. The molecule has 2 aliphatic heterocycles. The minimum absolute atomic E-state index is 0.0971. The number of aliphatic hydroxyl groups excluding tert-OH is 1. The summed E-state index contributed by atoms with van der Waals surface area (Å²) in [6, 6.07) is 0. The first-order chi connectivity index (χ1) is 8.43. The van der Waals surface area contributed by atoms with Crippen LogP contribution in [0.25, 0.3) is 0 Å². The lowest BCUT2D eigenvalue weighted by atomic mass is 10.1. The van der Waals surface area contributed by atoms with Gasteiger partial charge in [-0.3, -0.25) is 0 Å². The third-order valence-electron chi connectivity index (χ3n) is 2.74. The van der Waals surface area contributed by atoms with Crippen molar-refractivity contribution in [3.05, 3.63) is 0 Å². The van der Waals surface area contributed by atoms with Gasteiger partial charge in [-0.1, -0.05) is 0 Å². The topological polar surface area (TPSA) is 83.5 Å². The third-order valence-corrected chi connectivity index (χ3v) is 2.74. The van der Waals surface area contributed by atoms with Gasteiger partial charge >= 0.3 is 6.16 Å². The van der Waals surface area contributed by atoms with E-state index >= 15 is 0 Å². The predicted octanol–water partition coefficient (Wildman–Crippen LogP) is 0.397. The molecule has 2 heterocycles. The van der Waals surface area contributed by atoms with Gasteiger partial charge in [0.2, 0.25) is 0 Å². The maximum absolute atomic E-state index is 11.0. The van der Waals surface area contributed by atoms with Gasteiger partial charge in [0.05, 0.1) is 6.61 Å². The largest absolute Gasteiger partial charge is 0.508 e. The fourth-order valence-electron chi connectivity index (χ4n) is 2.01. The number of aliphatic hydroxyl groups is 1. The van der Waals surface area contributed by atoms with E-state index < -0.39 is 36.5 Å². The average molecular weight is 262 g/mol. The zero-order chi connectivity index (χ0) is 13.3. The van der Waals surface area contributed by atoms with Crippen LogP contribution in [0.4, 0.5) is 4.79 Å². The summed E-state index contributed by atoms with van der Waals surface area (Å²) in [4.78, 5) is 11.0. The van der Waals surface area contributed by atoms with Gasteiger partial charge in [0.1, 0.15) is 24.9 Å². The first-order valence-electron chi connectivity index (χ1n) is 5.91. The first kappa shape index (κ1) is 13.5. The van der Waals surface area contributed by atoms with Crippen LogP contribution in [-0.2, 0) is 23.7 Å². The molecule has 0 aliphatic carbocycles. The molecule has 4 atom stereocenters. The number of rotatable bonds is 3. The van der Waals surface area contributed by atoms with E-state index in [0.717, 1.165) is 0 Å². The fourth-order valence-corrected chi connectivity index (χ4v) is 2.01. The summed E-state index contributed by atoms with van der Waals surface area (Å²) in [5, 5.41) is 9.97. The Morgan fingerprint density at radius 1 is 1.33 bits per heavy atom. The average Bonchev–Trinajstić information content (AvgIpc) is 2.71. The molecule has 7 heteroatoms. The van der Waals surface area contributed by atoms with Gasteiger partial charge in [0, 0.05) is 0 Å². The lowest BCUT2D eigenvalue weighted by Gasteiger charge is -2.22. The standard InChI is InChI=1S/C11H18O7/c1-4-14-10(13)15-5-6-7(12)8-9(16-6)18-11(2,3)17-8/h6-9,12H,4-5H2,1-3H3/t6-,7+,8-,9-/m1/s1. The molecular formula is C11H18O7. The lowest BCUT2D eigenvalue weighted by molar-refractivity contribution is -0.218. The highest BCUT2D eigenvalue weighted by Gasteiger charge is 2.54. The van der Waals surface area contributed by atoms with Crippen molar-refractivity contribution in [2.45, 2.75) is 51.2 Å². The maximum atomic E-state index is 11.0. The second kappa shape index (κ2) is 5.00. The molecule has 0 aromatic heterocycles. The Balaban J connectivity index is 1.82. The Labute approximate surface area is 105 Å². The molecule has 0 unspecified atom stereocenters. The van der Waals surface area contributed by atoms with Crippen molar-refractivity contribution in [1.82, 2.24) is 0 Å². The van der Waals surface area contributed by atoms with E-state index in [1.54, 1.807) is 20.8 Å². The zero-order valence-electron chi connectivity index (χ0n) is 10.6. The van der Waals surface area contributed by atoms with Crippen molar-refractivity contribution in [2.24, 2.45) is 0 Å². The van der Waals surface area contributed by atoms with Gasteiger partial charge in [0.15, 0.2) is 12.1 Å². The number of ether oxygens (including phenoxy) is 5. The number of carbonyl (C=O) groups excluding carboxylic acids is 1. The molecule has 0 radical (unpaired) electrons. The van der Waals surface area contributed by atoms with Gasteiger partial charge in [-0.05, 0) is 20.8 Å². The highest BCUT2D eigenvalue weighted by atomic mass is 16.8. The molecule has 0 bridgehead atoms. The van der Waals surface area contributed by atoms with E-state index in [1.165, 1.54) is 0 Å². The van der Waals surface area contributed by atoms with Gasteiger partial charge in [-0.15, -0.1) is 0 Å². The number of carbonyl (C=O) groups is 1. The molecule has 2 fully saturated rings. The van der Waals surface area contributed by atoms with Crippen molar-refractivity contribution in [2.75, 3.05) is 13.2 Å². The SMILES string of the molecule is CCOC(=O)OC[C@H]1O[C@@H]2OC(C)(C)O[C@@H]2[C@H]1O. The van der Waals surface area contributed by atoms with Crippen LogP contribution in [0.5, 0.6) is 0 Å². The Morgan fingerprint density at radius 3 is 2.67 bits per heavy atom. The monoisotopic (exact) mass is 262 g/mol. The lowest BCUT2D eigenvalue weighted by Crippen LogP contribution is -2.37. The summed E-state index contributed by atoms with van der Waals surface area (Å²) in [5.74, 6) is -0.775. The van der Waals surface area contributed by atoms with Gasteiger partial charge in [-0.25, -0.2) is 4.79 Å². The van der Waals surface area contributed by atoms with Crippen LogP contribution in [0.1, 0.15) is 20.8 Å². The smallest absolute Gasteiger partial charge is 0.435 e. The summed E-state index contributed by atoms with van der Waals surface area (Å²) in [7, 11) is 0. The van der Waals surface area contributed by atoms with E-state index in [2.05, 4.69) is 4.74 Å². The van der Waals surface area contributed by atoms with Crippen LogP contribution < -0.4 is 0 Å². The normalized spacial score (nSPS) is 37.3. The molecule has 0 aromatic carbocycles. The molecular weight excluding hydrogens is 244 g/mol. The predicted molar refractivity (Wildman–Crippen MR) is 57.7 cm³/mol. The Hall–Kier alpha value is -0.890. The van der Waals surface area contributed by atoms with Crippen molar-refractivity contribution >= 4 is 6.16 Å². The van der Waals surface area contributed by atoms with E-state index in [9.17, 15) is 9.90 Å². The Morgan fingerprint density at radius 2 is 2.06 bits per heavy atom. The molecule has 0 saturated carbocycles. The van der Waals surface area contributed by atoms with Crippen LogP contribution >= 0.6 is 0 Å². The number of hydrogen-bond acceptors (Lipinski definition) is 7. The minimum atomic E-state index is -0.897. The summed E-state index contributed by atoms with van der Waals surface area (Å²) >= 11 is 0. The Bertz CT molecular complexity index is 317. The molecule has 2 saturated heterocycles. The zero-order valence-corrected chi connectivity index (χ0v) is 10.6. The summed E-state index contributed by atoms with van der Waals surface area (Å²) in [6.07, 6.45) is -3.54.